The minimum absolute atomic E-state index is 0.216. The molecule has 12 heavy (non-hydrogen) atoms. The normalized spacial score (nSPS) is 22.2. The quantitative estimate of drug-likeness (QED) is 0.470. The molecule has 0 aromatic heterocycles. The van der Waals surface area contributed by atoms with Gasteiger partial charge < -0.3 is 9.47 Å². The Balaban J connectivity index is 2.32. The predicted molar refractivity (Wildman–Crippen MR) is 44.7 cm³/mol. The van der Waals surface area contributed by atoms with E-state index in [1.54, 1.807) is 0 Å². The third-order valence-corrected chi connectivity index (χ3v) is 2.11. The molecule has 0 bridgehead atoms. The highest BCUT2D eigenvalue weighted by atomic mass is 16.5. The average Bonchev–Trinajstić information content (AvgIpc) is 2.56. The van der Waals surface area contributed by atoms with Crippen LogP contribution in [0.25, 0.3) is 0 Å². The number of carbonyl (C=O) groups is 1. The second kappa shape index (κ2) is 4.26. The lowest BCUT2D eigenvalue weighted by atomic mass is 9.97. The predicted octanol–water partition coefficient (Wildman–Crippen LogP) is 1.14. The Bertz CT molecular complexity index is 180. The van der Waals surface area contributed by atoms with Crippen LogP contribution < -0.4 is 0 Å². The van der Waals surface area contributed by atoms with Gasteiger partial charge in [-0.3, -0.25) is 4.79 Å². The summed E-state index contributed by atoms with van der Waals surface area (Å²) in [4.78, 5) is 10.9. The fourth-order valence-electron chi connectivity index (χ4n) is 1.26. The first kappa shape index (κ1) is 9.26. The second-order valence-corrected chi connectivity index (χ2v) is 2.97. The minimum Gasteiger partial charge on any atom is -0.469 e. The van der Waals surface area contributed by atoms with Gasteiger partial charge in [0.05, 0.1) is 20.1 Å². The van der Waals surface area contributed by atoms with E-state index in [-0.39, 0.29) is 5.97 Å². The lowest BCUT2D eigenvalue weighted by molar-refractivity contribution is -0.139. The molecule has 1 heterocycles. The summed E-state index contributed by atoms with van der Waals surface area (Å²) in [5.41, 5.74) is 0.930. The van der Waals surface area contributed by atoms with Crippen molar-refractivity contribution in [2.75, 3.05) is 20.3 Å². The average molecular weight is 170 g/mol. The van der Waals surface area contributed by atoms with Gasteiger partial charge in [0.2, 0.25) is 0 Å². The summed E-state index contributed by atoms with van der Waals surface area (Å²) in [5.74, 6) is 0.135. The van der Waals surface area contributed by atoms with Gasteiger partial charge in [-0.2, -0.15) is 0 Å². The molecule has 1 atom stereocenters. The summed E-state index contributed by atoms with van der Waals surface area (Å²) in [7, 11) is 1.39. The number of hydrogen-bond acceptors (Lipinski definition) is 3. The van der Waals surface area contributed by atoms with Crippen molar-refractivity contribution in [2.24, 2.45) is 5.92 Å². The van der Waals surface area contributed by atoms with Crippen LogP contribution in [-0.4, -0.2) is 26.3 Å². The summed E-state index contributed by atoms with van der Waals surface area (Å²) in [6, 6.07) is 0. The zero-order valence-electron chi connectivity index (χ0n) is 7.34. The number of esters is 1. The minimum atomic E-state index is -0.216. The van der Waals surface area contributed by atoms with Crippen molar-refractivity contribution in [2.45, 2.75) is 12.8 Å². The molecule has 1 rings (SSSR count). The molecule has 1 saturated heterocycles. The molecule has 1 aliphatic heterocycles. The molecular formula is C9H14O3. The Morgan fingerprint density at radius 3 is 3.00 bits per heavy atom. The number of methoxy groups -OCH3 is 1. The van der Waals surface area contributed by atoms with E-state index in [0.717, 1.165) is 18.6 Å². The van der Waals surface area contributed by atoms with Crippen molar-refractivity contribution in [3.05, 3.63) is 12.2 Å². The zero-order chi connectivity index (χ0) is 8.97. The van der Waals surface area contributed by atoms with Crippen LogP contribution in [0.2, 0.25) is 0 Å². The van der Waals surface area contributed by atoms with E-state index in [1.165, 1.54) is 7.11 Å². The molecule has 0 aliphatic carbocycles. The van der Waals surface area contributed by atoms with Crippen LogP contribution >= 0.6 is 0 Å². The molecule has 0 saturated carbocycles. The van der Waals surface area contributed by atoms with Gasteiger partial charge in [0.25, 0.3) is 0 Å². The van der Waals surface area contributed by atoms with Gasteiger partial charge in [0, 0.05) is 12.5 Å². The van der Waals surface area contributed by atoms with Crippen molar-refractivity contribution in [1.29, 1.82) is 0 Å². The van der Waals surface area contributed by atoms with Crippen molar-refractivity contribution < 1.29 is 14.3 Å². The Hall–Kier alpha value is -0.830. The molecule has 0 aromatic rings. The van der Waals surface area contributed by atoms with Gasteiger partial charge in [0.1, 0.15) is 0 Å². The SMILES string of the molecule is C=C(CC(=O)OC)C1CCOC1. The van der Waals surface area contributed by atoms with Gasteiger partial charge in [-0.1, -0.05) is 12.2 Å². The molecule has 0 radical (unpaired) electrons. The van der Waals surface area contributed by atoms with Crippen LogP contribution in [0.4, 0.5) is 0 Å². The molecule has 0 aromatic carbocycles. The molecule has 68 valence electrons. The number of ether oxygens (including phenoxy) is 2. The van der Waals surface area contributed by atoms with Crippen LogP contribution in [0.3, 0.4) is 0 Å². The maximum Gasteiger partial charge on any atom is 0.309 e. The molecule has 0 N–H and O–H groups in total. The van der Waals surface area contributed by atoms with Crippen LogP contribution in [0.15, 0.2) is 12.2 Å². The Labute approximate surface area is 72.4 Å². The standard InChI is InChI=1S/C9H14O3/c1-7(5-9(10)11-2)8-3-4-12-6-8/h8H,1,3-6H2,2H3. The van der Waals surface area contributed by atoms with E-state index in [1.807, 2.05) is 0 Å². The molecule has 0 spiro atoms. The lowest BCUT2D eigenvalue weighted by Crippen LogP contribution is -2.09. The van der Waals surface area contributed by atoms with Crippen LogP contribution in [-0.2, 0) is 14.3 Å². The number of hydrogen-bond donors (Lipinski definition) is 0. The first-order chi connectivity index (χ1) is 5.74. The van der Waals surface area contributed by atoms with Crippen LogP contribution in [0.1, 0.15) is 12.8 Å². The first-order valence-electron chi connectivity index (χ1n) is 4.06. The zero-order valence-corrected chi connectivity index (χ0v) is 7.34. The van der Waals surface area contributed by atoms with Crippen molar-refractivity contribution in [1.82, 2.24) is 0 Å². The van der Waals surface area contributed by atoms with Crippen molar-refractivity contribution >= 4 is 5.97 Å². The molecule has 0 amide bonds. The molecule has 1 fully saturated rings. The highest BCUT2D eigenvalue weighted by Crippen LogP contribution is 2.22. The summed E-state index contributed by atoms with van der Waals surface area (Å²) in [6.07, 6.45) is 1.31. The topological polar surface area (TPSA) is 35.5 Å². The van der Waals surface area contributed by atoms with E-state index in [0.29, 0.717) is 18.9 Å². The van der Waals surface area contributed by atoms with Gasteiger partial charge in [0.15, 0.2) is 0 Å². The van der Waals surface area contributed by atoms with Crippen molar-refractivity contribution in [3.63, 3.8) is 0 Å². The third kappa shape index (κ3) is 2.34. The van der Waals surface area contributed by atoms with Gasteiger partial charge in [-0.05, 0) is 6.42 Å². The summed E-state index contributed by atoms with van der Waals surface area (Å²) in [6.45, 7) is 5.33. The summed E-state index contributed by atoms with van der Waals surface area (Å²) >= 11 is 0. The highest BCUT2D eigenvalue weighted by molar-refractivity contribution is 5.72. The molecular weight excluding hydrogens is 156 g/mol. The Kier molecular flexibility index (Phi) is 3.29. The summed E-state index contributed by atoms with van der Waals surface area (Å²) in [5, 5.41) is 0. The van der Waals surface area contributed by atoms with E-state index >= 15 is 0 Å². The lowest BCUT2D eigenvalue weighted by Gasteiger charge is -2.09. The fourth-order valence-corrected chi connectivity index (χ4v) is 1.26. The first-order valence-corrected chi connectivity index (χ1v) is 4.06. The van der Waals surface area contributed by atoms with E-state index in [4.69, 9.17) is 4.74 Å². The monoisotopic (exact) mass is 170 g/mol. The largest absolute Gasteiger partial charge is 0.469 e. The maximum atomic E-state index is 10.9. The van der Waals surface area contributed by atoms with Gasteiger partial charge in [-0.15, -0.1) is 0 Å². The van der Waals surface area contributed by atoms with Crippen molar-refractivity contribution in [3.8, 4) is 0 Å². The molecule has 3 nitrogen and oxygen atoms in total. The Morgan fingerprint density at radius 1 is 1.75 bits per heavy atom. The molecule has 1 unspecified atom stereocenters. The smallest absolute Gasteiger partial charge is 0.309 e. The molecule has 1 aliphatic rings. The highest BCUT2D eigenvalue weighted by Gasteiger charge is 2.20. The van der Waals surface area contributed by atoms with Crippen LogP contribution in [0.5, 0.6) is 0 Å². The summed E-state index contributed by atoms with van der Waals surface area (Å²) < 4.78 is 9.72. The second-order valence-electron chi connectivity index (χ2n) is 2.97. The fraction of sp³-hybridized carbons (Fsp3) is 0.667. The number of carbonyl (C=O) groups excluding carboxylic acids is 1. The molecule has 3 heteroatoms. The van der Waals surface area contributed by atoms with E-state index < -0.39 is 0 Å². The van der Waals surface area contributed by atoms with Gasteiger partial charge in [-0.25, -0.2) is 0 Å². The number of rotatable bonds is 3. The van der Waals surface area contributed by atoms with Crippen LogP contribution in [0, 0.1) is 5.92 Å². The Morgan fingerprint density at radius 2 is 2.50 bits per heavy atom. The maximum absolute atomic E-state index is 10.9. The third-order valence-electron chi connectivity index (χ3n) is 2.11. The van der Waals surface area contributed by atoms with E-state index in [2.05, 4.69) is 11.3 Å². The van der Waals surface area contributed by atoms with Gasteiger partial charge >= 0.3 is 5.97 Å². The van der Waals surface area contributed by atoms with E-state index in [9.17, 15) is 4.79 Å².